The van der Waals surface area contributed by atoms with E-state index in [9.17, 15) is 9.90 Å². The first kappa shape index (κ1) is 15.0. The highest BCUT2D eigenvalue weighted by molar-refractivity contribution is 5.85. The molecule has 0 aliphatic heterocycles. The Morgan fingerprint density at radius 3 is 2.39 bits per heavy atom. The van der Waals surface area contributed by atoms with Gasteiger partial charge in [-0.3, -0.25) is 0 Å². The number of halogens is 1. The van der Waals surface area contributed by atoms with Crippen molar-refractivity contribution in [1.82, 2.24) is 0 Å². The summed E-state index contributed by atoms with van der Waals surface area (Å²) in [4.78, 5) is 10.9. The Morgan fingerprint density at radius 2 is 1.78 bits per heavy atom. The molecule has 3 nitrogen and oxygen atoms in total. The van der Waals surface area contributed by atoms with Crippen LogP contribution in [0.15, 0.2) is 24.3 Å². The van der Waals surface area contributed by atoms with Crippen LogP contribution in [-0.2, 0) is 4.79 Å². The minimum atomic E-state index is -1.40. The Kier molecular flexibility index (Phi) is 5.63. The number of benzene rings is 1. The first-order valence-electron chi connectivity index (χ1n) is 6.20. The third-order valence-electron chi connectivity index (χ3n) is 3.57. The van der Waals surface area contributed by atoms with E-state index in [1.165, 1.54) is 19.3 Å². The lowest BCUT2D eigenvalue weighted by Gasteiger charge is -2.25. The summed E-state index contributed by atoms with van der Waals surface area (Å²) >= 11 is 0. The number of aliphatic carboxylic acids is 1. The van der Waals surface area contributed by atoms with E-state index < -0.39 is 12.1 Å². The molecule has 0 saturated heterocycles. The molecular formula is C14H19ClO3. The topological polar surface area (TPSA) is 57.5 Å². The molecule has 0 aromatic heterocycles. The Morgan fingerprint density at radius 1 is 1.17 bits per heavy atom. The molecule has 0 amide bonds. The van der Waals surface area contributed by atoms with E-state index in [1.807, 2.05) is 12.1 Å². The Labute approximate surface area is 113 Å². The number of hydrogen-bond acceptors (Lipinski definition) is 2. The van der Waals surface area contributed by atoms with E-state index in [4.69, 9.17) is 5.11 Å². The summed E-state index contributed by atoms with van der Waals surface area (Å²) in [6.07, 6.45) is 4.46. The van der Waals surface area contributed by atoms with Gasteiger partial charge in [0, 0.05) is 0 Å². The predicted molar refractivity (Wildman–Crippen MR) is 72.1 cm³/mol. The van der Waals surface area contributed by atoms with Crippen LogP contribution in [0.5, 0.6) is 0 Å². The van der Waals surface area contributed by atoms with E-state index in [-0.39, 0.29) is 12.4 Å². The molecule has 0 spiro atoms. The molecular weight excluding hydrogens is 252 g/mol. The maximum atomic E-state index is 10.9. The molecule has 1 aromatic carbocycles. The van der Waals surface area contributed by atoms with Crippen molar-refractivity contribution in [3.05, 3.63) is 35.4 Å². The van der Waals surface area contributed by atoms with E-state index in [0.717, 1.165) is 18.4 Å². The third kappa shape index (κ3) is 3.24. The van der Waals surface area contributed by atoms with Gasteiger partial charge in [-0.25, -0.2) is 4.79 Å². The van der Waals surface area contributed by atoms with Crippen molar-refractivity contribution in [3.63, 3.8) is 0 Å². The molecule has 1 aliphatic carbocycles. The Hall–Kier alpha value is -1.06. The second kappa shape index (κ2) is 6.76. The number of aliphatic hydroxyl groups excluding tert-OH is 1. The van der Waals surface area contributed by atoms with E-state index in [1.54, 1.807) is 12.1 Å². The lowest BCUT2D eigenvalue weighted by atomic mass is 9.81. The second-order valence-electron chi connectivity index (χ2n) is 4.70. The van der Waals surface area contributed by atoms with Crippen molar-refractivity contribution < 1.29 is 15.0 Å². The van der Waals surface area contributed by atoms with Crippen molar-refractivity contribution >= 4 is 18.4 Å². The van der Waals surface area contributed by atoms with Crippen molar-refractivity contribution in [2.24, 2.45) is 0 Å². The van der Waals surface area contributed by atoms with Gasteiger partial charge in [-0.05, 0) is 29.9 Å². The summed E-state index contributed by atoms with van der Waals surface area (Å²) < 4.78 is 0. The number of carbonyl (C=O) groups is 1. The van der Waals surface area contributed by atoms with Gasteiger partial charge in [-0.1, -0.05) is 43.5 Å². The summed E-state index contributed by atoms with van der Waals surface area (Å²) in [5.74, 6) is -0.762. The van der Waals surface area contributed by atoms with Gasteiger partial charge in [0.1, 0.15) is 0 Å². The van der Waals surface area contributed by atoms with E-state index in [0.29, 0.717) is 11.5 Å². The van der Waals surface area contributed by atoms with Crippen LogP contribution in [0.3, 0.4) is 0 Å². The SMILES string of the molecule is Cl.O=C(O)[C@H](O)c1ccccc1C1CCCCC1. The lowest BCUT2D eigenvalue weighted by molar-refractivity contribution is -0.147. The largest absolute Gasteiger partial charge is 0.479 e. The van der Waals surface area contributed by atoms with Crippen molar-refractivity contribution in [2.45, 2.75) is 44.1 Å². The van der Waals surface area contributed by atoms with Crippen LogP contribution in [0.1, 0.15) is 55.3 Å². The third-order valence-corrected chi connectivity index (χ3v) is 3.57. The average molecular weight is 271 g/mol. The molecule has 1 saturated carbocycles. The fraction of sp³-hybridized carbons (Fsp3) is 0.500. The first-order valence-corrected chi connectivity index (χ1v) is 6.20. The minimum absolute atomic E-state index is 0. The van der Waals surface area contributed by atoms with Gasteiger partial charge in [0.2, 0.25) is 0 Å². The predicted octanol–water partition coefficient (Wildman–Crippen LogP) is 3.27. The van der Waals surface area contributed by atoms with Crippen molar-refractivity contribution in [2.75, 3.05) is 0 Å². The van der Waals surface area contributed by atoms with Gasteiger partial charge in [-0.15, -0.1) is 12.4 Å². The van der Waals surface area contributed by atoms with Crippen molar-refractivity contribution in [3.8, 4) is 0 Å². The van der Waals surface area contributed by atoms with Crippen LogP contribution in [0.25, 0.3) is 0 Å². The number of carboxylic acids is 1. The van der Waals surface area contributed by atoms with E-state index in [2.05, 4.69) is 0 Å². The average Bonchev–Trinajstić information content (AvgIpc) is 2.39. The monoisotopic (exact) mass is 270 g/mol. The number of hydrogen-bond donors (Lipinski definition) is 2. The summed E-state index contributed by atoms with van der Waals surface area (Å²) in [5.41, 5.74) is 1.58. The highest BCUT2D eigenvalue weighted by atomic mass is 35.5. The molecule has 4 heteroatoms. The first-order chi connectivity index (χ1) is 8.20. The summed E-state index contributed by atoms with van der Waals surface area (Å²) in [6.45, 7) is 0. The zero-order valence-electron chi connectivity index (χ0n) is 10.2. The van der Waals surface area contributed by atoms with Gasteiger partial charge < -0.3 is 10.2 Å². The molecule has 18 heavy (non-hydrogen) atoms. The minimum Gasteiger partial charge on any atom is -0.479 e. The van der Waals surface area contributed by atoms with Gasteiger partial charge in [0.15, 0.2) is 6.10 Å². The lowest BCUT2D eigenvalue weighted by Crippen LogP contribution is -2.15. The molecule has 1 aromatic rings. The van der Waals surface area contributed by atoms with Crippen LogP contribution in [0.2, 0.25) is 0 Å². The molecule has 0 bridgehead atoms. The zero-order valence-corrected chi connectivity index (χ0v) is 11.0. The molecule has 0 unspecified atom stereocenters. The summed E-state index contributed by atoms with van der Waals surface area (Å²) in [7, 11) is 0. The summed E-state index contributed by atoms with van der Waals surface area (Å²) in [5, 5.41) is 18.6. The van der Waals surface area contributed by atoms with Crippen LogP contribution < -0.4 is 0 Å². The van der Waals surface area contributed by atoms with E-state index >= 15 is 0 Å². The smallest absolute Gasteiger partial charge is 0.337 e. The molecule has 1 atom stereocenters. The fourth-order valence-corrected chi connectivity index (χ4v) is 2.68. The zero-order chi connectivity index (χ0) is 12.3. The van der Waals surface area contributed by atoms with Crippen LogP contribution in [-0.4, -0.2) is 16.2 Å². The quantitative estimate of drug-likeness (QED) is 0.886. The highest BCUT2D eigenvalue weighted by Crippen LogP contribution is 2.36. The van der Waals surface area contributed by atoms with Crippen LogP contribution in [0.4, 0.5) is 0 Å². The molecule has 0 radical (unpaired) electrons. The van der Waals surface area contributed by atoms with Crippen molar-refractivity contribution in [1.29, 1.82) is 0 Å². The molecule has 0 heterocycles. The number of rotatable bonds is 3. The standard InChI is InChI=1S/C14H18O3.ClH/c15-13(14(16)17)12-9-5-4-8-11(12)10-6-2-1-3-7-10;/h4-5,8-10,13,15H,1-3,6-7H2,(H,16,17);1H/t13-;/m1./s1. The number of carboxylic acid groups (broad SMARTS) is 1. The van der Waals surface area contributed by atoms with Gasteiger partial charge in [-0.2, -0.15) is 0 Å². The maximum Gasteiger partial charge on any atom is 0.337 e. The molecule has 2 N–H and O–H groups in total. The highest BCUT2D eigenvalue weighted by Gasteiger charge is 2.24. The number of aliphatic hydroxyl groups is 1. The molecule has 1 fully saturated rings. The second-order valence-corrected chi connectivity index (χ2v) is 4.70. The van der Waals surface area contributed by atoms with Crippen LogP contribution in [0, 0.1) is 0 Å². The Balaban J connectivity index is 0.00000162. The maximum absolute atomic E-state index is 10.9. The Bertz CT molecular complexity index is 400. The summed E-state index contributed by atoms with van der Waals surface area (Å²) in [6, 6.07) is 7.38. The van der Waals surface area contributed by atoms with Crippen LogP contribution >= 0.6 is 12.4 Å². The molecule has 100 valence electrons. The molecule has 1 aliphatic rings. The molecule has 2 rings (SSSR count). The normalized spacial score (nSPS) is 17.8. The van der Waals surface area contributed by atoms with Gasteiger partial charge in [0.25, 0.3) is 0 Å². The van der Waals surface area contributed by atoms with Gasteiger partial charge in [0.05, 0.1) is 0 Å². The fourth-order valence-electron chi connectivity index (χ4n) is 2.68. The van der Waals surface area contributed by atoms with Gasteiger partial charge >= 0.3 is 5.97 Å².